The number of aromatic hydroxyl groups is 1. The van der Waals surface area contributed by atoms with Crippen LogP contribution in [0, 0.1) is 0 Å². The number of hydrogen-bond donors (Lipinski definition) is 5. The molecule has 0 saturated heterocycles. The van der Waals surface area contributed by atoms with Crippen LogP contribution < -0.4 is 14.8 Å². The van der Waals surface area contributed by atoms with Crippen LogP contribution in [0.15, 0.2) is 36.4 Å². The zero-order chi connectivity index (χ0) is 21.9. The highest BCUT2D eigenvalue weighted by atomic mass is 16.7. The third-order valence-electron chi connectivity index (χ3n) is 5.95. The lowest BCUT2D eigenvalue weighted by molar-refractivity contribution is -0.157. The molecule has 162 valence electrons. The van der Waals surface area contributed by atoms with Crippen LogP contribution >= 0.6 is 0 Å². The number of benzene rings is 2. The van der Waals surface area contributed by atoms with Crippen molar-refractivity contribution in [1.82, 2.24) is 5.32 Å². The lowest BCUT2D eigenvalue weighted by Gasteiger charge is -2.48. The summed E-state index contributed by atoms with van der Waals surface area (Å²) in [5.74, 6) is -2.72. The van der Waals surface area contributed by atoms with Crippen LogP contribution in [0.3, 0.4) is 0 Å². The predicted octanol–water partition coefficient (Wildman–Crippen LogP) is -0.362. The number of carbonyl (C=O) groups is 2. The Morgan fingerprint density at radius 2 is 1.81 bits per heavy atom. The molecule has 2 aliphatic heterocycles. The molecule has 0 radical (unpaired) electrons. The molecule has 1 amide bonds. The summed E-state index contributed by atoms with van der Waals surface area (Å²) in [6.45, 7) is -0.155. The Hall–Kier alpha value is -3.34. The van der Waals surface area contributed by atoms with E-state index >= 15 is 0 Å². The van der Waals surface area contributed by atoms with Gasteiger partial charge < -0.3 is 40.0 Å². The number of ether oxygens (including phenoxy) is 3. The third-order valence-corrected chi connectivity index (χ3v) is 5.95. The molecular formula is C21H19NO9. The van der Waals surface area contributed by atoms with Crippen molar-refractivity contribution in [3.05, 3.63) is 53.1 Å². The van der Waals surface area contributed by atoms with E-state index in [1.54, 1.807) is 18.2 Å². The summed E-state index contributed by atoms with van der Waals surface area (Å²) in [4.78, 5) is 25.4. The zero-order valence-corrected chi connectivity index (χ0v) is 16.0. The van der Waals surface area contributed by atoms with E-state index in [0.717, 1.165) is 0 Å². The monoisotopic (exact) mass is 429 g/mol. The molecule has 0 bridgehead atoms. The van der Waals surface area contributed by atoms with Crippen molar-refractivity contribution in [2.24, 2.45) is 0 Å². The normalized spacial score (nSPS) is 30.7. The molecule has 1 saturated carbocycles. The fourth-order valence-electron chi connectivity index (χ4n) is 4.46. The van der Waals surface area contributed by atoms with Crippen molar-refractivity contribution in [2.45, 2.75) is 36.4 Å². The number of nitrogens with one attached hydrogen (secondary N) is 1. The highest BCUT2D eigenvalue weighted by Crippen LogP contribution is 2.50. The number of carbonyl (C=O) groups excluding carboxylic acids is 2. The van der Waals surface area contributed by atoms with Gasteiger partial charge in [-0.1, -0.05) is 18.2 Å². The van der Waals surface area contributed by atoms with E-state index in [4.69, 9.17) is 14.2 Å². The van der Waals surface area contributed by atoms with E-state index in [9.17, 15) is 30.0 Å². The summed E-state index contributed by atoms with van der Waals surface area (Å²) in [6.07, 6.45) is -6.22. The lowest BCUT2D eigenvalue weighted by Crippen LogP contribution is -2.67. The molecule has 0 spiro atoms. The van der Waals surface area contributed by atoms with Gasteiger partial charge in [-0.3, -0.25) is 4.79 Å². The number of aliphatic hydroxyl groups is 3. The first-order valence-electron chi connectivity index (χ1n) is 9.65. The molecule has 1 aliphatic carbocycles. The summed E-state index contributed by atoms with van der Waals surface area (Å²) in [5.41, 5.74) is 0.286. The average Bonchev–Trinajstić information content (AvgIpc) is 3.25. The number of aliphatic hydroxyl groups excluding tert-OH is 3. The Bertz CT molecular complexity index is 1060. The molecule has 2 aromatic rings. The Morgan fingerprint density at radius 1 is 1.06 bits per heavy atom. The van der Waals surface area contributed by atoms with Crippen LogP contribution in [0.5, 0.6) is 17.2 Å². The molecule has 0 aromatic heterocycles. The van der Waals surface area contributed by atoms with Gasteiger partial charge in [0, 0.05) is 5.92 Å². The Labute approximate surface area is 175 Å². The number of hydrogen-bond acceptors (Lipinski definition) is 9. The summed E-state index contributed by atoms with van der Waals surface area (Å²) < 4.78 is 16.1. The summed E-state index contributed by atoms with van der Waals surface area (Å²) in [6, 6.07) is 8.43. The Morgan fingerprint density at radius 3 is 2.55 bits per heavy atom. The van der Waals surface area contributed by atoms with Crippen LogP contribution in [-0.4, -0.2) is 69.6 Å². The predicted molar refractivity (Wildman–Crippen MR) is 102 cm³/mol. The topological polar surface area (TPSA) is 155 Å². The first kappa shape index (κ1) is 19.6. The third kappa shape index (κ3) is 2.91. The van der Waals surface area contributed by atoms with Crippen LogP contribution in [0.2, 0.25) is 0 Å². The van der Waals surface area contributed by atoms with E-state index < -0.39 is 54.0 Å². The molecule has 5 N–H and O–H groups in total. The van der Waals surface area contributed by atoms with Gasteiger partial charge in [0.1, 0.15) is 24.4 Å². The van der Waals surface area contributed by atoms with Crippen molar-refractivity contribution in [2.75, 3.05) is 6.79 Å². The summed E-state index contributed by atoms with van der Waals surface area (Å²) in [7, 11) is 0. The molecule has 3 aliphatic rings. The molecule has 6 atom stereocenters. The van der Waals surface area contributed by atoms with Crippen LogP contribution in [0.1, 0.15) is 32.2 Å². The molecule has 10 heteroatoms. The van der Waals surface area contributed by atoms with E-state index in [1.165, 1.54) is 18.2 Å². The minimum atomic E-state index is -1.68. The zero-order valence-electron chi connectivity index (χ0n) is 16.0. The van der Waals surface area contributed by atoms with Crippen molar-refractivity contribution in [1.29, 1.82) is 0 Å². The van der Waals surface area contributed by atoms with Crippen molar-refractivity contribution in [3.63, 3.8) is 0 Å². The quantitative estimate of drug-likeness (QED) is 0.403. The minimum absolute atomic E-state index is 0.00196. The molecule has 2 heterocycles. The number of rotatable bonds is 2. The second kappa shape index (κ2) is 7.12. The van der Waals surface area contributed by atoms with Gasteiger partial charge in [0.25, 0.3) is 5.91 Å². The van der Waals surface area contributed by atoms with Crippen LogP contribution in [-0.2, 0) is 4.74 Å². The summed E-state index contributed by atoms with van der Waals surface area (Å²) in [5, 5.41) is 44.7. The van der Waals surface area contributed by atoms with E-state index in [0.29, 0.717) is 0 Å². The fourth-order valence-corrected chi connectivity index (χ4v) is 4.46. The van der Waals surface area contributed by atoms with Crippen LogP contribution in [0.25, 0.3) is 0 Å². The maximum Gasteiger partial charge on any atom is 0.338 e. The standard InChI is InChI=1S/C21H19NO9/c23-14-12-9(6-10-18(14)30-7-29-10)11-13(22-20(12)27)15(24)16(25)17(26)19(11)31-21(28)8-4-2-1-3-5-8/h1-6,11,13,15-17,19,23-26H,7H2,(H,22,27)/t11-,13-,15+,16+,17-,19-/m1/s1. The largest absolute Gasteiger partial charge is 0.504 e. The first-order chi connectivity index (χ1) is 14.9. The van der Waals surface area contributed by atoms with Crippen molar-refractivity contribution < 1.29 is 44.2 Å². The highest BCUT2D eigenvalue weighted by molar-refractivity contribution is 6.01. The Kier molecular flexibility index (Phi) is 4.50. The van der Waals surface area contributed by atoms with E-state index in [1.807, 2.05) is 0 Å². The minimum Gasteiger partial charge on any atom is -0.504 e. The second-order valence-corrected chi connectivity index (χ2v) is 7.66. The van der Waals surface area contributed by atoms with E-state index in [-0.39, 0.29) is 35.0 Å². The van der Waals surface area contributed by atoms with Gasteiger partial charge in [-0.2, -0.15) is 0 Å². The molecule has 5 rings (SSSR count). The Balaban J connectivity index is 1.61. The van der Waals surface area contributed by atoms with Gasteiger partial charge in [0.2, 0.25) is 12.5 Å². The maximum atomic E-state index is 12.7. The number of amides is 1. The summed E-state index contributed by atoms with van der Waals surface area (Å²) >= 11 is 0. The fraction of sp³-hybridized carbons (Fsp3) is 0.333. The lowest BCUT2D eigenvalue weighted by atomic mass is 9.70. The van der Waals surface area contributed by atoms with Gasteiger partial charge in [-0.15, -0.1) is 0 Å². The number of esters is 1. The molecule has 31 heavy (non-hydrogen) atoms. The highest BCUT2D eigenvalue weighted by Gasteiger charge is 2.55. The smallest absolute Gasteiger partial charge is 0.338 e. The van der Waals surface area contributed by atoms with Crippen molar-refractivity contribution in [3.8, 4) is 17.2 Å². The molecular weight excluding hydrogens is 410 g/mol. The first-order valence-corrected chi connectivity index (χ1v) is 9.65. The maximum absolute atomic E-state index is 12.7. The number of phenolic OH excluding ortho intramolecular Hbond substituents is 1. The molecule has 10 nitrogen and oxygen atoms in total. The van der Waals surface area contributed by atoms with Gasteiger partial charge in [-0.05, 0) is 23.8 Å². The molecule has 1 fully saturated rings. The SMILES string of the molecule is O=C(O[C@H]1[C@H](O)[C@@H](O)[C@@H](O)[C@@H]2NC(=O)c3c(cc4c(c3O)OCO4)[C@H]21)c1ccccc1. The van der Waals surface area contributed by atoms with Gasteiger partial charge in [0.05, 0.1) is 17.2 Å². The van der Waals surface area contributed by atoms with Crippen LogP contribution in [0.4, 0.5) is 0 Å². The van der Waals surface area contributed by atoms with Gasteiger partial charge in [0.15, 0.2) is 11.5 Å². The number of phenols is 1. The molecule has 0 unspecified atom stereocenters. The van der Waals surface area contributed by atoms with Crippen molar-refractivity contribution >= 4 is 11.9 Å². The van der Waals surface area contributed by atoms with Gasteiger partial charge in [-0.25, -0.2) is 4.79 Å². The average molecular weight is 429 g/mol. The number of fused-ring (bicyclic) bond motifs is 4. The van der Waals surface area contributed by atoms with E-state index in [2.05, 4.69) is 5.32 Å². The van der Waals surface area contributed by atoms with Gasteiger partial charge >= 0.3 is 5.97 Å². The molecule has 2 aromatic carbocycles. The second-order valence-electron chi connectivity index (χ2n) is 7.66.